The molecule has 1 rings (SSSR count). The van der Waals surface area contributed by atoms with Crippen LogP contribution in [0.4, 0.5) is 4.39 Å². The first-order valence-corrected chi connectivity index (χ1v) is 5.97. The molecule has 0 amide bonds. The molecule has 0 fully saturated rings. The molecule has 0 aromatic heterocycles. The van der Waals surface area contributed by atoms with E-state index >= 15 is 0 Å². The Balaban J connectivity index is 2.62. The summed E-state index contributed by atoms with van der Waals surface area (Å²) in [5.41, 5.74) is 0.587. The molecule has 1 aromatic rings. The molecule has 0 N–H and O–H groups in total. The summed E-state index contributed by atoms with van der Waals surface area (Å²) in [6.07, 6.45) is 1.80. The van der Waals surface area contributed by atoms with Crippen molar-refractivity contribution in [2.75, 3.05) is 0 Å². The number of hydrogen-bond donors (Lipinski definition) is 0. The molecule has 0 radical (unpaired) electrons. The number of hydrogen-bond acceptors (Lipinski definition) is 1. The number of rotatable bonds is 5. The van der Waals surface area contributed by atoms with Crippen LogP contribution in [0.25, 0.3) is 0 Å². The summed E-state index contributed by atoms with van der Waals surface area (Å²) in [4.78, 5) is 11.2. The average Bonchev–Trinajstić information content (AvgIpc) is 2.21. The second kappa shape index (κ2) is 6.01. The highest BCUT2D eigenvalue weighted by Gasteiger charge is 2.15. The molecule has 0 saturated heterocycles. The molecular formula is C12H14BrFO. The van der Waals surface area contributed by atoms with Gasteiger partial charge in [-0.05, 0) is 24.5 Å². The van der Waals surface area contributed by atoms with Crippen LogP contribution >= 0.6 is 15.9 Å². The molecule has 82 valence electrons. The van der Waals surface area contributed by atoms with E-state index in [-0.39, 0.29) is 16.4 Å². The molecule has 0 aliphatic rings. The SMILES string of the molecule is CCCC(=O)C(Br)Cc1ccccc1F. The molecule has 1 unspecified atom stereocenters. The molecule has 0 aliphatic heterocycles. The van der Waals surface area contributed by atoms with Crippen molar-refractivity contribution in [3.8, 4) is 0 Å². The molecule has 0 bridgehead atoms. The maximum atomic E-state index is 13.3. The lowest BCUT2D eigenvalue weighted by Crippen LogP contribution is -2.16. The van der Waals surface area contributed by atoms with Gasteiger partial charge < -0.3 is 0 Å². The fraction of sp³-hybridized carbons (Fsp3) is 0.417. The van der Waals surface area contributed by atoms with Crippen molar-refractivity contribution < 1.29 is 9.18 Å². The summed E-state index contributed by atoms with van der Waals surface area (Å²) in [7, 11) is 0. The van der Waals surface area contributed by atoms with E-state index < -0.39 is 0 Å². The second-order valence-electron chi connectivity index (χ2n) is 3.48. The van der Waals surface area contributed by atoms with Crippen molar-refractivity contribution in [2.45, 2.75) is 31.0 Å². The van der Waals surface area contributed by atoms with Crippen molar-refractivity contribution in [3.63, 3.8) is 0 Å². The van der Waals surface area contributed by atoms with Crippen LogP contribution in [0.15, 0.2) is 24.3 Å². The fourth-order valence-corrected chi connectivity index (χ4v) is 1.95. The first-order valence-electron chi connectivity index (χ1n) is 5.05. The van der Waals surface area contributed by atoms with Gasteiger partial charge in [-0.25, -0.2) is 4.39 Å². The molecule has 0 saturated carbocycles. The predicted octanol–water partition coefficient (Wildman–Crippen LogP) is 3.50. The Morgan fingerprint density at radius 1 is 1.47 bits per heavy atom. The maximum absolute atomic E-state index is 13.3. The largest absolute Gasteiger partial charge is 0.298 e. The number of alkyl halides is 1. The number of carbonyl (C=O) groups excluding carboxylic acids is 1. The van der Waals surface area contributed by atoms with E-state index in [9.17, 15) is 9.18 Å². The van der Waals surface area contributed by atoms with E-state index in [4.69, 9.17) is 0 Å². The predicted molar refractivity (Wildman–Crippen MR) is 62.7 cm³/mol. The Bertz CT molecular complexity index is 338. The Morgan fingerprint density at radius 3 is 2.73 bits per heavy atom. The third-order valence-electron chi connectivity index (χ3n) is 2.20. The minimum atomic E-state index is -0.269. The number of ketones is 1. The first-order chi connectivity index (χ1) is 7.15. The highest BCUT2D eigenvalue weighted by molar-refractivity contribution is 9.10. The minimum absolute atomic E-state index is 0.140. The molecule has 1 aromatic carbocycles. The normalized spacial score (nSPS) is 12.5. The molecule has 0 aliphatic carbocycles. The van der Waals surface area contributed by atoms with Crippen LogP contribution in [-0.2, 0) is 11.2 Å². The van der Waals surface area contributed by atoms with Gasteiger partial charge >= 0.3 is 0 Å². The van der Waals surface area contributed by atoms with Crippen LogP contribution in [-0.4, -0.2) is 10.6 Å². The van der Waals surface area contributed by atoms with Gasteiger partial charge in [-0.2, -0.15) is 0 Å². The molecule has 15 heavy (non-hydrogen) atoms. The summed E-state index contributed by atoms with van der Waals surface area (Å²) in [6, 6.07) is 6.56. The molecule has 1 nitrogen and oxygen atoms in total. The standard InChI is InChI=1S/C12H14BrFO/c1-2-5-12(15)10(13)8-9-6-3-4-7-11(9)14/h3-4,6-7,10H,2,5,8H2,1H3. The number of halogens is 2. The number of carbonyl (C=O) groups is 1. The molecule has 0 spiro atoms. The minimum Gasteiger partial charge on any atom is -0.298 e. The van der Waals surface area contributed by atoms with E-state index in [1.54, 1.807) is 18.2 Å². The van der Waals surface area contributed by atoms with Crippen molar-refractivity contribution in [3.05, 3.63) is 35.6 Å². The lowest BCUT2D eigenvalue weighted by Gasteiger charge is -2.08. The van der Waals surface area contributed by atoms with Crippen molar-refractivity contribution in [2.24, 2.45) is 0 Å². The lowest BCUT2D eigenvalue weighted by molar-refractivity contribution is -0.118. The van der Waals surface area contributed by atoms with Crippen LogP contribution in [0.1, 0.15) is 25.3 Å². The van der Waals surface area contributed by atoms with Gasteiger partial charge in [0.25, 0.3) is 0 Å². The van der Waals surface area contributed by atoms with Gasteiger partial charge in [0.05, 0.1) is 4.83 Å². The van der Waals surface area contributed by atoms with Gasteiger partial charge in [0.2, 0.25) is 0 Å². The fourth-order valence-electron chi connectivity index (χ4n) is 1.37. The van der Waals surface area contributed by atoms with Gasteiger partial charge in [-0.3, -0.25) is 4.79 Å². The average molecular weight is 273 g/mol. The number of Topliss-reactive ketones (excluding diaryl/α,β-unsaturated/α-hetero) is 1. The first kappa shape index (κ1) is 12.4. The van der Waals surface area contributed by atoms with Crippen LogP contribution in [0, 0.1) is 5.82 Å². The van der Waals surface area contributed by atoms with Crippen molar-refractivity contribution >= 4 is 21.7 Å². The molecular weight excluding hydrogens is 259 g/mol. The summed E-state index contributed by atoms with van der Waals surface area (Å²) in [6.45, 7) is 1.96. The van der Waals surface area contributed by atoms with Gasteiger partial charge in [-0.1, -0.05) is 41.1 Å². The Labute approximate surface area is 97.8 Å². The molecule has 0 heterocycles. The summed E-state index contributed by atoms with van der Waals surface area (Å²) < 4.78 is 13.3. The number of benzene rings is 1. The van der Waals surface area contributed by atoms with Crippen molar-refractivity contribution in [1.82, 2.24) is 0 Å². The van der Waals surface area contributed by atoms with Crippen molar-refractivity contribution in [1.29, 1.82) is 0 Å². The lowest BCUT2D eigenvalue weighted by atomic mass is 10.0. The zero-order valence-corrected chi connectivity index (χ0v) is 10.3. The monoisotopic (exact) mass is 272 g/mol. The quantitative estimate of drug-likeness (QED) is 0.750. The van der Waals surface area contributed by atoms with E-state index in [1.165, 1.54) is 6.07 Å². The van der Waals surface area contributed by atoms with Crippen LogP contribution in [0.3, 0.4) is 0 Å². The highest BCUT2D eigenvalue weighted by atomic mass is 79.9. The molecule has 1 atom stereocenters. The van der Waals surface area contributed by atoms with Gasteiger partial charge in [0.1, 0.15) is 11.6 Å². The smallest absolute Gasteiger partial charge is 0.146 e. The third-order valence-corrected chi connectivity index (χ3v) is 3.04. The van der Waals surface area contributed by atoms with E-state index in [2.05, 4.69) is 15.9 Å². The molecule has 3 heteroatoms. The van der Waals surface area contributed by atoms with E-state index in [1.807, 2.05) is 6.92 Å². The Hall–Kier alpha value is -0.700. The van der Waals surface area contributed by atoms with Gasteiger partial charge in [0.15, 0.2) is 0 Å². The maximum Gasteiger partial charge on any atom is 0.146 e. The zero-order chi connectivity index (χ0) is 11.3. The Kier molecular flexibility index (Phi) is 4.95. The summed E-state index contributed by atoms with van der Waals surface area (Å²) in [5, 5.41) is 0. The van der Waals surface area contributed by atoms with Gasteiger partial charge in [-0.15, -0.1) is 0 Å². The van der Waals surface area contributed by atoms with Crippen LogP contribution in [0.2, 0.25) is 0 Å². The third kappa shape index (κ3) is 3.74. The van der Waals surface area contributed by atoms with Crippen LogP contribution < -0.4 is 0 Å². The zero-order valence-electron chi connectivity index (χ0n) is 8.67. The van der Waals surface area contributed by atoms with Crippen LogP contribution in [0.5, 0.6) is 0 Å². The summed E-state index contributed by atoms with van der Waals surface area (Å²) in [5.74, 6) is -0.105. The van der Waals surface area contributed by atoms with E-state index in [0.29, 0.717) is 18.4 Å². The van der Waals surface area contributed by atoms with E-state index in [0.717, 1.165) is 6.42 Å². The highest BCUT2D eigenvalue weighted by Crippen LogP contribution is 2.15. The summed E-state index contributed by atoms with van der Waals surface area (Å²) >= 11 is 3.30. The second-order valence-corrected chi connectivity index (χ2v) is 4.58. The van der Waals surface area contributed by atoms with Gasteiger partial charge in [0, 0.05) is 6.42 Å². The Morgan fingerprint density at radius 2 is 2.13 bits per heavy atom. The topological polar surface area (TPSA) is 17.1 Å².